The second kappa shape index (κ2) is 15.6. The van der Waals surface area contributed by atoms with Gasteiger partial charge in [0.1, 0.15) is 0 Å². The molecule has 0 heterocycles. The average molecular weight is 625 g/mol. The molecule has 0 aliphatic rings. The van der Waals surface area contributed by atoms with E-state index in [-0.39, 0.29) is 6.54 Å². The van der Waals surface area contributed by atoms with Crippen LogP contribution in [0.2, 0.25) is 33.0 Å². The minimum absolute atomic E-state index is 0.257. The van der Waals surface area contributed by atoms with Gasteiger partial charge in [-0.2, -0.15) is 0 Å². The van der Waals surface area contributed by atoms with Crippen molar-refractivity contribution in [2.75, 3.05) is 13.1 Å². The predicted octanol–water partition coefficient (Wildman–Crippen LogP) is 8.20. The van der Waals surface area contributed by atoms with Gasteiger partial charge < -0.3 is 0 Å². The van der Waals surface area contributed by atoms with Gasteiger partial charge >= 0.3 is 224 Å². The zero-order valence-corrected chi connectivity index (χ0v) is 28.5. The van der Waals surface area contributed by atoms with E-state index in [0.717, 1.165) is 5.56 Å². The summed E-state index contributed by atoms with van der Waals surface area (Å²) < 4.78 is 35.1. The number of nitrogens with zero attached hydrogens (tertiary/aromatic N) is 1. The van der Waals surface area contributed by atoms with Crippen LogP contribution >= 0.6 is 0 Å². The number of aryl methyl sites for hydroxylation is 1. The molecule has 0 atom stereocenters. The average Bonchev–Trinajstić information content (AvgIpc) is 2.80. The van der Waals surface area contributed by atoms with Crippen molar-refractivity contribution in [1.82, 2.24) is 4.31 Å². The quantitative estimate of drug-likeness (QED) is 0.137. The summed E-state index contributed by atoms with van der Waals surface area (Å²) in [6.45, 7) is 18.6. The fourth-order valence-corrected chi connectivity index (χ4v) is 29.4. The fraction of sp³-hybridized carbons (Fsp3) is 0.655. The van der Waals surface area contributed by atoms with E-state index in [9.17, 15) is 8.42 Å². The first-order valence-electron chi connectivity index (χ1n) is 13.6. The maximum atomic E-state index is 13.9. The van der Waals surface area contributed by atoms with Gasteiger partial charge in [-0.25, -0.2) is 0 Å². The Labute approximate surface area is 223 Å². The molecular formula is C29H51NO2SSiSn. The van der Waals surface area contributed by atoms with Crippen LogP contribution in [-0.4, -0.2) is 52.3 Å². The van der Waals surface area contributed by atoms with E-state index in [4.69, 9.17) is 0 Å². The van der Waals surface area contributed by atoms with E-state index in [2.05, 4.69) is 58.0 Å². The first kappa shape index (κ1) is 32.5. The number of rotatable bonds is 16. The molecule has 0 aromatic heterocycles. The topological polar surface area (TPSA) is 37.4 Å². The SMILES string of the molecule is CC#CCN(C/[C](=C/[Si](C)(C)C)[Sn]([CH2]CCC)([CH2]CCC)[CH2]CCC)S(=O)(=O)c1ccc(C)cc1. The van der Waals surface area contributed by atoms with Crippen molar-refractivity contribution in [3.8, 4) is 11.8 Å². The predicted molar refractivity (Wildman–Crippen MR) is 160 cm³/mol. The number of hydrogen-bond donors (Lipinski definition) is 0. The first-order chi connectivity index (χ1) is 16.5. The Morgan fingerprint density at radius 3 is 1.83 bits per heavy atom. The van der Waals surface area contributed by atoms with Gasteiger partial charge in [0.05, 0.1) is 0 Å². The standard InChI is InChI=1S/C17H24NO2SSi.3C4H9.Sn/c1-6-7-13-18(14-8-15-22(3,4)5)21(19,20)17-11-9-16(2)10-12-17;3*1-3-4-2;/h9-12,15H,13-14H2,1-5H3;3*1,3-4H2,2H3;. The van der Waals surface area contributed by atoms with Crippen LogP contribution in [0, 0.1) is 18.8 Å². The normalized spacial score (nSPS) is 13.1. The van der Waals surface area contributed by atoms with Crippen molar-refractivity contribution in [2.45, 2.75) is 111 Å². The monoisotopic (exact) mass is 625 g/mol. The van der Waals surface area contributed by atoms with E-state index < -0.39 is 36.5 Å². The molecule has 0 radical (unpaired) electrons. The Balaban J connectivity index is 3.68. The molecule has 1 aromatic rings. The summed E-state index contributed by atoms with van der Waals surface area (Å²) in [5.74, 6) is 6.03. The summed E-state index contributed by atoms with van der Waals surface area (Å²) in [5.41, 5.74) is 3.68. The third kappa shape index (κ3) is 10.8. The molecule has 0 aliphatic carbocycles. The van der Waals surface area contributed by atoms with Gasteiger partial charge in [-0.15, -0.1) is 0 Å². The second-order valence-electron chi connectivity index (χ2n) is 11.1. The third-order valence-corrected chi connectivity index (χ3v) is 26.6. The van der Waals surface area contributed by atoms with Gasteiger partial charge in [-0.1, -0.05) is 0 Å². The van der Waals surface area contributed by atoms with Crippen LogP contribution in [-0.2, 0) is 10.0 Å². The van der Waals surface area contributed by atoms with Crippen LogP contribution < -0.4 is 0 Å². The summed E-state index contributed by atoms with van der Waals surface area (Å²) in [6, 6.07) is 7.28. The summed E-state index contributed by atoms with van der Waals surface area (Å²) >= 11 is -2.82. The third-order valence-electron chi connectivity index (χ3n) is 6.75. The molecule has 0 fully saturated rings. The van der Waals surface area contributed by atoms with Crippen LogP contribution in [0.1, 0.15) is 71.8 Å². The van der Waals surface area contributed by atoms with E-state index in [1.54, 1.807) is 27.0 Å². The zero-order valence-electron chi connectivity index (χ0n) is 23.8. The van der Waals surface area contributed by atoms with Crippen LogP contribution in [0.5, 0.6) is 0 Å². The van der Waals surface area contributed by atoms with Gasteiger partial charge in [-0.05, 0) is 0 Å². The molecule has 0 saturated heterocycles. The molecule has 1 aromatic carbocycles. The first-order valence-corrected chi connectivity index (χ1v) is 26.1. The molecule has 198 valence electrons. The number of hydrogen-bond acceptors (Lipinski definition) is 2. The fourth-order valence-electron chi connectivity index (χ4n) is 4.73. The Kier molecular flexibility index (Phi) is 14.5. The van der Waals surface area contributed by atoms with E-state index in [1.165, 1.54) is 51.8 Å². The molecule has 0 amide bonds. The van der Waals surface area contributed by atoms with Crippen LogP contribution in [0.25, 0.3) is 0 Å². The van der Waals surface area contributed by atoms with Gasteiger partial charge in [0.15, 0.2) is 0 Å². The van der Waals surface area contributed by atoms with E-state index >= 15 is 0 Å². The second-order valence-corrected chi connectivity index (χ2v) is 31.5. The molecule has 0 N–H and O–H groups in total. The van der Waals surface area contributed by atoms with E-state index in [1.807, 2.05) is 19.1 Å². The Morgan fingerprint density at radius 1 is 0.943 bits per heavy atom. The molecule has 0 saturated carbocycles. The molecule has 0 aliphatic heterocycles. The van der Waals surface area contributed by atoms with Crippen molar-refractivity contribution in [3.63, 3.8) is 0 Å². The molecular weight excluding hydrogens is 573 g/mol. The van der Waals surface area contributed by atoms with Gasteiger partial charge in [0.2, 0.25) is 0 Å². The maximum absolute atomic E-state index is 13.9. The Hall–Kier alpha value is -0.554. The van der Waals surface area contributed by atoms with Gasteiger partial charge in [-0.3, -0.25) is 0 Å². The summed E-state index contributed by atoms with van der Waals surface area (Å²) in [5, 5.41) is 0. The van der Waals surface area contributed by atoms with Crippen molar-refractivity contribution < 1.29 is 8.42 Å². The number of unbranched alkanes of at least 4 members (excludes halogenated alkanes) is 3. The van der Waals surface area contributed by atoms with Crippen molar-refractivity contribution in [1.29, 1.82) is 0 Å². The number of sulfonamides is 1. The summed E-state index contributed by atoms with van der Waals surface area (Å²) in [7, 11) is -5.18. The minimum atomic E-state index is -3.62. The molecule has 0 spiro atoms. The van der Waals surface area contributed by atoms with Crippen molar-refractivity contribution >= 4 is 36.5 Å². The summed E-state index contributed by atoms with van der Waals surface area (Å²) in [6.07, 6.45) is 7.45. The van der Waals surface area contributed by atoms with E-state index in [0.29, 0.717) is 11.4 Å². The molecule has 6 heteroatoms. The summed E-state index contributed by atoms with van der Waals surface area (Å²) in [4.78, 5) is 0.379. The Bertz CT molecular complexity index is 931. The van der Waals surface area contributed by atoms with Gasteiger partial charge in [0.25, 0.3) is 0 Å². The van der Waals surface area contributed by atoms with Crippen LogP contribution in [0.4, 0.5) is 0 Å². The van der Waals surface area contributed by atoms with Crippen LogP contribution in [0.15, 0.2) is 38.4 Å². The molecule has 0 unspecified atom stereocenters. The number of benzene rings is 1. The van der Waals surface area contributed by atoms with Crippen LogP contribution in [0.3, 0.4) is 0 Å². The molecule has 0 bridgehead atoms. The Morgan fingerprint density at radius 2 is 1.43 bits per heavy atom. The van der Waals surface area contributed by atoms with Crippen molar-refractivity contribution in [3.05, 3.63) is 39.1 Å². The van der Waals surface area contributed by atoms with Crippen molar-refractivity contribution in [2.24, 2.45) is 0 Å². The molecule has 1 rings (SSSR count). The molecule has 3 nitrogen and oxygen atoms in total. The molecule has 35 heavy (non-hydrogen) atoms. The zero-order chi connectivity index (χ0) is 26.5. The van der Waals surface area contributed by atoms with Gasteiger partial charge in [0, 0.05) is 0 Å².